The zero-order valence-electron chi connectivity index (χ0n) is 10.4. The van der Waals surface area contributed by atoms with Gasteiger partial charge in [-0.3, -0.25) is 4.79 Å². The third kappa shape index (κ3) is 3.47. The summed E-state index contributed by atoms with van der Waals surface area (Å²) >= 11 is 0. The Kier molecular flexibility index (Phi) is 4.59. The van der Waals surface area contributed by atoms with E-state index in [0.717, 1.165) is 31.7 Å². The second kappa shape index (κ2) is 6.40. The summed E-state index contributed by atoms with van der Waals surface area (Å²) in [6.45, 7) is 1.37. The largest absolute Gasteiger partial charge is 0.490 e. The molecule has 4 nitrogen and oxygen atoms in total. The minimum absolute atomic E-state index is 0.0376. The highest BCUT2D eigenvalue weighted by atomic mass is 16.5. The quantitative estimate of drug-likeness (QED) is 0.878. The smallest absolute Gasteiger partial charge is 0.224 e. The maximum Gasteiger partial charge on any atom is 0.224 e. The minimum Gasteiger partial charge on any atom is -0.490 e. The van der Waals surface area contributed by atoms with Crippen LogP contribution in [0.3, 0.4) is 0 Å². The van der Waals surface area contributed by atoms with Gasteiger partial charge in [0.05, 0.1) is 6.61 Å². The molecule has 0 bridgehead atoms. The molecule has 0 aliphatic carbocycles. The summed E-state index contributed by atoms with van der Waals surface area (Å²) in [6, 6.07) is 9.76. The van der Waals surface area contributed by atoms with Crippen LogP contribution in [0.1, 0.15) is 19.3 Å². The van der Waals surface area contributed by atoms with Gasteiger partial charge >= 0.3 is 0 Å². The van der Waals surface area contributed by atoms with Crippen molar-refractivity contribution < 1.29 is 14.6 Å². The predicted molar refractivity (Wildman–Crippen MR) is 68.4 cm³/mol. The molecule has 1 saturated heterocycles. The molecule has 4 heteroatoms. The van der Waals surface area contributed by atoms with Gasteiger partial charge in [0.2, 0.25) is 5.91 Å². The van der Waals surface area contributed by atoms with E-state index in [-0.39, 0.29) is 25.0 Å². The van der Waals surface area contributed by atoms with Gasteiger partial charge in [0.25, 0.3) is 0 Å². The number of aliphatic hydroxyl groups is 1. The molecule has 18 heavy (non-hydrogen) atoms. The molecule has 1 fully saturated rings. The van der Waals surface area contributed by atoms with E-state index in [9.17, 15) is 4.79 Å². The number of piperidine rings is 1. The molecule has 1 amide bonds. The van der Waals surface area contributed by atoms with E-state index >= 15 is 0 Å². The van der Waals surface area contributed by atoms with Crippen molar-refractivity contribution in [1.82, 2.24) is 4.90 Å². The molecule has 0 unspecified atom stereocenters. The molecule has 2 rings (SSSR count). The first kappa shape index (κ1) is 12.9. The van der Waals surface area contributed by atoms with Gasteiger partial charge in [0.1, 0.15) is 11.9 Å². The first-order valence-corrected chi connectivity index (χ1v) is 6.40. The van der Waals surface area contributed by atoms with Crippen LogP contribution in [0.2, 0.25) is 0 Å². The highest BCUT2D eigenvalue weighted by molar-refractivity contribution is 5.76. The molecule has 1 aromatic rings. The van der Waals surface area contributed by atoms with Gasteiger partial charge in [-0.1, -0.05) is 18.2 Å². The average molecular weight is 249 g/mol. The summed E-state index contributed by atoms with van der Waals surface area (Å²) in [6.07, 6.45) is 2.12. The molecule has 1 N–H and O–H groups in total. The molecule has 1 aromatic carbocycles. The summed E-state index contributed by atoms with van der Waals surface area (Å²) in [4.78, 5) is 13.4. The minimum atomic E-state index is -0.0702. The number of para-hydroxylation sites is 1. The molecular formula is C14H19NO3. The van der Waals surface area contributed by atoms with Crippen molar-refractivity contribution in [1.29, 1.82) is 0 Å². The number of carbonyl (C=O) groups excluding carboxylic acids is 1. The molecule has 0 spiro atoms. The van der Waals surface area contributed by atoms with Crippen molar-refractivity contribution in [2.75, 3.05) is 19.7 Å². The van der Waals surface area contributed by atoms with E-state index in [1.807, 2.05) is 30.3 Å². The Bertz CT molecular complexity index is 372. The monoisotopic (exact) mass is 249 g/mol. The number of carbonyl (C=O) groups is 1. The fourth-order valence-corrected chi connectivity index (χ4v) is 2.17. The molecule has 0 aromatic heterocycles. The van der Waals surface area contributed by atoms with E-state index in [2.05, 4.69) is 0 Å². The Morgan fingerprint density at radius 1 is 1.28 bits per heavy atom. The SMILES string of the molecule is O=C(CCO)N1CCC(Oc2ccccc2)CC1. The Labute approximate surface area is 107 Å². The first-order chi connectivity index (χ1) is 8.79. The number of aliphatic hydroxyl groups excluding tert-OH is 1. The normalized spacial score (nSPS) is 16.6. The summed E-state index contributed by atoms with van der Waals surface area (Å²) < 4.78 is 5.86. The van der Waals surface area contributed by atoms with Crippen molar-refractivity contribution in [3.05, 3.63) is 30.3 Å². The molecule has 98 valence electrons. The van der Waals surface area contributed by atoms with Gasteiger partial charge in [-0.25, -0.2) is 0 Å². The van der Waals surface area contributed by atoms with Crippen LogP contribution in [0.15, 0.2) is 30.3 Å². The number of amides is 1. The Balaban J connectivity index is 1.78. The van der Waals surface area contributed by atoms with E-state index in [4.69, 9.17) is 9.84 Å². The lowest BCUT2D eigenvalue weighted by Crippen LogP contribution is -2.42. The number of hydrogen-bond acceptors (Lipinski definition) is 3. The summed E-state index contributed by atoms with van der Waals surface area (Å²) in [7, 11) is 0. The van der Waals surface area contributed by atoms with Crippen molar-refractivity contribution in [3.63, 3.8) is 0 Å². The Morgan fingerprint density at radius 2 is 1.94 bits per heavy atom. The summed E-state index contributed by atoms with van der Waals surface area (Å²) in [5.74, 6) is 0.924. The van der Waals surface area contributed by atoms with Crippen LogP contribution in [0.4, 0.5) is 0 Å². The second-order valence-electron chi connectivity index (χ2n) is 4.48. The van der Waals surface area contributed by atoms with E-state index in [0.29, 0.717) is 0 Å². The molecule has 1 aliphatic rings. The van der Waals surface area contributed by atoms with Crippen LogP contribution in [0.5, 0.6) is 5.75 Å². The molecule has 0 atom stereocenters. The molecule has 1 heterocycles. The van der Waals surface area contributed by atoms with Gasteiger partial charge in [0.15, 0.2) is 0 Å². The van der Waals surface area contributed by atoms with E-state index < -0.39 is 0 Å². The van der Waals surface area contributed by atoms with Gasteiger partial charge in [-0.2, -0.15) is 0 Å². The highest BCUT2D eigenvalue weighted by Crippen LogP contribution is 2.18. The standard InChI is InChI=1S/C14H19NO3/c16-11-8-14(17)15-9-6-13(7-10-15)18-12-4-2-1-3-5-12/h1-5,13,16H,6-11H2. The Morgan fingerprint density at radius 3 is 2.56 bits per heavy atom. The zero-order chi connectivity index (χ0) is 12.8. The van der Waals surface area contributed by atoms with Crippen LogP contribution in [-0.4, -0.2) is 41.7 Å². The predicted octanol–water partition coefficient (Wildman–Crippen LogP) is 1.44. The van der Waals surface area contributed by atoms with Gasteiger partial charge in [-0.05, 0) is 12.1 Å². The van der Waals surface area contributed by atoms with Crippen LogP contribution < -0.4 is 4.74 Å². The molecule has 0 saturated carbocycles. The van der Waals surface area contributed by atoms with Crippen LogP contribution in [0.25, 0.3) is 0 Å². The number of hydrogen-bond donors (Lipinski definition) is 1. The van der Waals surface area contributed by atoms with Gasteiger partial charge in [-0.15, -0.1) is 0 Å². The first-order valence-electron chi connectivity index (χ1n) is 6.40. The fourth-order valence-electron chi connectivity index (χ4n) is 2.17. The molecule has 0 radical (unpaired) electrons. The number of likely N-dealkylation sites (tertiary alicyclic amines) is 1. The number of nitrogens with zero attached hydrogens (tertiary/aromatic N) is 1. The van der Waals surface area contributed by atoms with Crippen LogP contribution in [-0.2, 0) is 4.79 Å². The Hall–Kier alpha value is -1.55. The number of ether oxygens (including phenoxy) is 1. The lowest BCUT2D eigenvalue weighted by atomic mass is 10.1. The number of rotatable bonds is 4. The second-order valence-corrected chi connectivity index (χ2v) is 4.48. The topological polar surface area (TPSA) is 49.8 Å². The lowest BCUT2D eigenvalue weighted by molar-refractivity contribution is -0.133. The van der Waals surface area contributed by atoms with Crippen molar-refractivity contribution >= 4 is 5.91 Å². The van der Waals surface area contributed by atoms with Gasteiger partial charge < -0.3 is 14.7 Å². The van der Waals surface area contributed by atoms with Crippen LogP contribution >= 0.6 is 0 Å². The number of benzene rings is 1. The lowest BCUT2D eigenvalue weighted by Gasteiger charge is -2.32. The van der Waals surface area contributed by atoms with E-state index in [1.54, 1.807) is 4.90 Å². The highest BCUT2D eigenvalue weighted by Gasteiger charge is 2.23. The maximum atomic E-state index is 11.6. The zero-order valence-corrected chi connectivity index (χ0v) is 10.4. The average Bonchev–Trinajstić information content (AvgIpc) is 2.41. The third-order valence-corrected chi connectivity index (χ3v) is 3.17. The van der Waals surface area contributed by atoms with Gasteiger partial charge in [0, 0.05) is 32.4 Å². The summed E-state index contributed by atoms with van der Waals surface area (Å²) in [5, 5.41) is 8.74. The van der Waals surface area contributed by atoms with Crippen molar-refractivity contribution in [3.8, 4) is 5.75 Å². The van der Waals surface area contributed by atoms with Crippen molar-refractivity contribution in [2.24, 2.45) is 0 Å². The van der Waals surface area contributed by atoms with E-state index in [1.165, 1.54) is 0 Å². The molecule has 1 aliphatic heterocycles. The maximum absolute atomic E-state index is 11.6. The summed E-state index contributed by atoms with van der Waals surface area (Å²) in [5.41, 5.74) is 0. The molecular weight excluding hydrogens is 230 g/mol. The third-order valence-electron chi connectivity index (χ3n) is 3.17. The fraction of sp³-hybridized carbons (Fsp3) is 0.500. The van der Waals surface area contributed by atoms with Crippen molar-refractivity contribution in [2.45, 2.75) is 25.4 Å². The van der Waals surface area contributed by atoms with Crippen LogP contribution in [0, 0.1) is 0 Å².